The van der Waals surface area contributed by atoms with Crippen molar-refractivity contribution in [1.82, 2.24) is 0 Å². The van der Waals surface area contributed by atoms with Crippen molar-refractivity contribution in [2.45, 2.75) is 39.3 Å². The molecule has 0 radical (unpaired) electrons. The van der Waals surface area contributed by atoms with E-state index in [0.717, 1.165) is 12.2 Å². The third kappa shape index (κ3) is 1.50. The molecule has 0 spiro atoms. The third-order valence-corrected chi connectivity index (χ3v) is 2.78. The topological polar surface area (TPSA) is 35.2 Å². The monoisotopic (exact) mass is 191 g/mol. The van der Waals surface area contributed by atoms with Gasteiger partial charge in [-0.25, -0.2) is 0 Å². The minimum atomic E-state index is 0.134. The smallest absolute Gasteiger partial charge is 0.124 e. The molecule has 0 bridgehead atoms. The lowest BCUT2D eigenvalue weighted by Gasteiger charge is -2.29. The van der Waals surface area contributed by atoms with Crippen LogP contribution in [-0.4, -0.2) is 6.10 Å². The molecule has 1 aromatic carbocycles. The first-order chi connectivity index (χ1) is 6.58. The summed E-state index contributed by atoms with van der Waals surface area (Å²) in [5.74, 6) is 0.980. The van der Waals surface area contributed by atoms with E-state index < -0.39 is 0 Å². The fraction of sp³-hybridized carbons (Fsp3) is 0.500. The first kappa shape index (κ1) is 9.53. The van der Waals surface area contributed by atoms with Gasteiger partial charge in [-0.05, 0) is 38.0 Å². The highest BCUT2D eigenvalue weighted by Crippen LogP contribution is 2.36. The lowest BCUT2D eigenvalue weighted by atomic mass is 9.93. The predicted molar refractivity (Wildman–Crippen MR) is 57.6 cm³/mol. The van der Waals surface area contributed by atoms with Crippen LogP contribution in [0.2, 0.25) is 0 Å². The highest BCUT2D eigenvalue weighted by atomic mass is 16.5. The minimum Gasteiger partial charge on any atom is -0.490 e. The van der Waals surface area contributed by atoms with Crippen LogP contribution in [0.3, 0.4) is 0 Å². The number of hydrogen-bond donors (Lipinski definition) is 1. The van der Waals surface area contributed by atoms with Gasteiger partial charge in [0, 0.05) is 18.0 Å². The number of ether oxygens (including phenoxy) is 1. The number of benzene rings is 1. The largest absolute Gasteiger partial charge is 0.490 e. The van der Waals surface area contributed by atoms with E-state index in [1.807, 2.05) is 0 Å². The minimum absolute atomic E-state index is 0.134. The highest BCUT2D eigenvalue weighted by molar-refractivity contribution is 5.46. The van der Waals surface area contributed by atoms with Crippen LogP contribution in [0.25, 0.3) is 0 Å². The SMILES string of the molecule is Cc1cc(C)c2c(c1)OC(C)CC2N. The number of rotatable bonds is 0. The van der Waals surface area contributed by atoms with E-state index in [1.165, 1.54) is 16.7 Å². The molecule has 1 heterocycles. The van der Waals surface area contributed by atoms with Crippen molar-refractivity contribution in [3.05, 3.63) is 28.8 Å². The predicted octanol–water partition coefficient (Wildman–Crippen LogP) is 2.47. The number of hydrogen-bond acceptors (Lipinski definition) is 2. The molecule has 2 unspecified atom stereocenters. The third-order valence-electron chi connectivity index (χ3n) is 2.78. The molecule has 2 rings (SSSR count). The fourth-order valence-corrected chi connectivity index (χ4v) is 2.25. The molecule has 1 aliphatic heterocycles. The fourth-order valence-electron chi connectivity index (χ4n) is 2.25. The van der Waals surface area contributed by atoms with Gasteiger partial charge in [-0.1, -0.05) is 6.07 Å². The zero-order valence-electron chi connectivity index (χ0n) is 9.00. The summed E-state index contributed by atoms with van der Waals surface area (Å²) in [7, 11) is 0. The Hall–Kier alpha value is -1.02. The Kier molecular flexibility index (Phi) is 2.23. The Morgan fingerprint density at radius 2 is 2.07 bits per heavy atom. The van der Waals surface area contributed by atoms with Gasteiger partial charge in [0.2, 0.25) is 0 Å². The Morgan fingerprint density at radius 3 is 2.79 bits per heavy atom. The maximum atomic E-state index is 6.11. The van der Waals surface area contributed by atoms with Crippen LogP contribution in [0.4, 0.5) is 0 Å². The van der Waals surface area contributed by atoms with E-state index >= 15 is 0 Å². The first-order valence-electron chi connectivity index (χ1n) is 5.11. The van der Waals surface area contributed by atoms with Crippen LogP contribution in [0.1, 0.15) is 36.1 Å². The molecular weight excluding hydrogens is 174 g/mol. The Balaban J connectivity index is 2.53. The summed E-state index contributed by atoms with van der Waals surface area (Å²) in [4.78, 5) is 0. The van der Waals surface area contributed by atoms with Gasteiger partial charge in [-0.3, -0.25) is 0 Å². The summed E-state index contributed by atoms with van der Waals surface area (Å²) < 4.78 is 5.78. The first-order valence-corrected chi connectivity index (χ1v) is 5.11. The van der Waals surface area contributed by atoms with Crippen molar-refractivity contribution in [1.29, 1.82) is 0 Å². The summed E-state index contributed by atoms with van der Waals surface area (Å²) in [5, 5.41) is 0. The second-order valence-electron chi connectivity index (χ2n) is 4.26. The zero-order valence-corrected chi connectivity index (χ0v) is 9.00. The van der Waals surface area contributed by atoms with Crippen LogP contribution in [0.5, 0.6) is 5.75 Å². The molecule has 2 nitrogen and oxygen atoms in total. The van der Waals surface area contributed by atoms with E-state index in [2.05, 4.69) is 32.9 Å². The Morgan fingerprint density at radius 1 is 1.36 bits per heavy atom. The molecule has 1 aromatic rings. The summed E-state index contributed by atoms with van der Waals surface area (Å²) >= 11 is 0. The van der Waals surface area contributed by atoms with Crippen molar-refractivity contribution in [3.63, 3.8) is 0 Å². The second kappa shape index (κ2) is 3.28. The summed E-state index contributed by atoms with van der Waals surface area (Å²) in [5.41, 5.74) is 9.78. The maximum absolute atomic E-state index is 6.11. The van der Waals surface area contributed by atoms with E-state index in [1.54, 1.807) is 0 Å². The molecule has 0 fully saturated rings. The summed E-state index contributed by atoms with van der Waals surface area (Å²) in [6.45, 7) is 6.26. The van der Waals surface area contributed by atoms with Crippen LogP contribution in [0, 0.1) is 13.8 Å². The van der Waals surface area contributed by atoms with Gasteiger partial charge in [0.1, 0.15) is 5.75 Å². The molecule has 76 valence electrons. The number of aryl methyl sites for hydroxylation is 2. The average molecular weight is 191 g/mol. The molecule has 1 aliphatic rings. The van der Waals surface area contributed by atoms with Gasteiger partial charge in [0.05, 0.1) is 6.10 Å². The van der Waals surface area contributed by atoms with Crippen LogP contribution >= 0.6 is 0 Å². The van der Waals surface area contributed by atoms with Crippen molar-refractivity contribution < 1.29 is 4.74 Å². The molecule has 0 aromatic heterocycles. The average Bonchev–Trinajstić information content (AvgIpc) is 1.99. The molecule has 0 amide bonds. The van der Waals surface area contributed by atoms with Crippen molar-refractivity contribution in [2.75, 3.05) is 0 Å². The molecule has 0 aliphatic carbocycles. The van der Waals surface area contributed by atoms with Gasteiger partial charge < -0.3 is 10.5 Å². The van der Waals surface area contributed by atoms with E-state index in [0.29, 0.717) is 0 Å². The second-order valence-corrected chi connectivity index (χ2v) is 4.26. The summed E-state index contributed by atoms with van der Waals surface area (Å²) in [6, 6.07) is 4.38. The lowest BCUT2D eigenvalue weighted by molar-refractivity contribution is 0.176. The van der Waals surface area contributed by atoms with E-state index in [4.69, 9.17) is 10.5 Å². The van der Waals surface area contributed by atoms with Crippen molar-refractivity contribution >= 4 is 0 Å². The van der Waals surface area contributed by atoms with Crippen LogP contribution in [0.15, 0.2) is 12.1 Å². The normalized spacial score (nSPS) is 25.4. The molecule has 0 saturated carbocycles. The molecule has 2 N–H and O–H groups in total. The Bertz CT molecular complexity index is 360. The van der Waals surface area contributed by atoms with Gasteiger partial charge in [0.15, 0.2) is 0 Å². The van der Waals surface area contributed by atoms with Crippen LogP contribution in [-0.2, 0) is 0 Å². The van der Waals surface area contributed by atoms with Gasteiger partial charge in [-0.15, -0.1) is 0 Å². The lowest BCUT2D eigenvalue weighted by Crippen LogP contribution is -2.28. The van der Waals surface area contributed by atoms with Gasteiger partial charge in [-0.2, -0.15) is 0 Å². The van der Waals surface area contributed by atoms with Gasteiger partial charge in [0.25, 0.3) is 0 Å². The van der Waals surface area contributed by atoms with Crippen molar-refractivity contribution in [2.24, 2.45) is 5.73 Å². The molecule has 2 atom stereocenters. The zero-order chi connectivity index (χ0) is 10.3. The molecule has 14 heavy (non-hydrogen) atoms. The van der Waals surface area contributed by atoms with Gasteiger partial charge >= 0.3 is 0 Å². The van der Waals surface area contributed by atoms with E-state index in [9.17, 15) is 0 Å². The molecule has 0 saturated heterocycles. The maximum Gasteiger partial charge on any atom is 0.124 e. The van der Waals surface area contributed by atoms with E-state index in [-0.39, 0.29) is 12.1 Å². The van der Waals surface area contributed by atoms with Crippen molar-refractivity contribution in [3.8, 4) is 5.75 Å². The van der Waals surface area contributed by atoms with Crippen LogP contribution < -0.4 is 10.5 Å². The molecule has 2 heteroatoms. The summed E-state index contributed by atoms with van der Waals surface area (Å²) in [6.07, 6.45) is 1.15. The standard InChI is InChI=1S/C12H17NO/c1-7-4-8(2)12-10(13)6-9(3)14-11(12)5-7/h4-5,9-10H,6,13H2,1-3H3. The number of nitrogens with two attached hydrogens (primary N) is 1. The highest BCUT2D eigenvalue weighted by Gasteiger charge is 2.24. The Labute approximate surface area is 85.1 Å². The molecular formula is C12H17NO. The quantitative estimate of drug-likeness (QED) is 0.683. The number of fused-ring (bicyclic) bond motifs is 1.